The standard InChI is InChI=1S/C15H10N6O2/c1-2-6-18-15(22)11-5-3-4-10-9-19-13-14(17-8-7-16-13)21(23)20(19)12(10)11/h1,3-5,7-9,21H,6H2/p+1. The molecule has 8 heteroatoms. The fraction of sp³-hybridized carbons (Fsp3) is 0.0667. The average molecular weight is 307 g/mol. The third-order valence-corrected chi connectivity index (χ3v) is 3.64. The predicted octanol–water partition coefficient (Wildman–Crippen LogP) is -1.14. The van der Waals surface area contributed by atoms with Crippen LogP contribution in [-0.4, -0.2) is 27.2 Å². The Morgan fingerprint density at radius 2 is 2.26 bits per heavy atom. The monoisotopic (exact) mass is 307 g/mol. The second kappa shape index (κ2) is 4.88. The van der Waals surface area contributed by atoms with Gasteiger partial charge in [-0.3, -0.25) is 4.79 Å². The Hall–Kier alpha value is -3.28. The molecule has 1 atom stereocenters. The molecule has 2 aromatic heterocycles. The van der Waals surface area contributed by atoms with Crippen LogP contribution in [0, 0.1) is 17.6 Å². The Balaban J connectivity index is 1.96. The Labute approximate surface area is 130 Å². The number of rotatable bonds is 2. The molecule has 0 fully saturated rings. The summed E-state index contributed by atoms with van der Waals surface area (Å²) in [7, 11) is 0. The first-order valence-electron chi connectivity index (χ1n) is 6.86. The number of para-hydroxylation sites is 1. The smallest absolute Gasteiger partial charge is 0.436 e. The van der Waals surface area contributed by atoms with Crippen molar-refractivity contribution in [1.82, 2.24) is 20.1 Å². The van der Waals surface area contributed by atoms with E-state index in [2.05, 4.69) is 21.2 Å². The minimum Gasteiger partial charge on any atom is -0.598 e. The van der Waals surface area contributed by atoms with Gasteiger partial charge < -0.3 is 10.5 Å². The molecule has 3 heterocycles. The van der Waals surface area contributed by atoms with Gasteiger partial charge >= 0.3 is 11.6 Å². The number of amides is 1. The van der Waals surface area contributed by atoms with E-state index in [9.17, 15) is 10.0 Å². The summed E-state index contributed by atoms with van der Waals surface area (Å²) >= 11 is 0. The maximum atomic E-state index is 12.6. The number of hydrogen-bond acceptors (Lipinski definition) is 4. The highest BCUT2D eigenvalue weighted by molar-refractivity contribution is 6.05. The van der Waals surface area contributed by atoms with Crippen molar-refractivity contribution in [3.8, 4) is 18.2 Å². The summed E-state index contributed by atoms with van der Waals surface area (Å²) in [6.45, 7) is 0.118. The maximum Gasteiger partial charge on any atom is 0.436 e. The Kier molecular flexibility index (Phi) is 2.84. The lowest BCUT2D eigenvalue weighted by atomic mass is 10.1. The fourth-order valence-corrected chi connectivity index (χ4v) is 2.71. The van der Waals surface area contributed by atoms with Gasteiger partial charge in [-0.25, -0.2) is 0 Å². The Morgan fingerprint density at radius 3 is 3.09 bits per heavy atom. The molecular weight excluding hydrogens is 296 g/mol. The lowest BCUT2D eigenvalue weighted by molar-refractivity contribution is -0.939. The van der Waals surface area contributed by atoms with Crippen LogP contribution in [0.15, 0.2) is 36.8 Å². The van der Waals surface area contributed by atoms with Gasteiger partial charge in [0.05, 0.1) is 23.7 Å². The van der Waals surface area contributed by atoms with Crippen LogP contribution in [0.3, 0.4) is 0 Å². The van der Waals surface area contributed by atoms with E-state index in [4.69, 9.17) is 6.42 Å². The van der Waals surface area contributed by atoms with Crippen LogP contribution in [0.2, 0.25) is 0 Å². The molecule has 0 bridgehead atoms. The number of benzene rings is 1. The number of quaternary nitrogens is 1. The first-order chi connectivity index (χ1) is 11.2. The van der Waals surface area contributed by atoms with Gasteiger partial charge in [-0.15, -0.1) is 6.42 Å². The molecule has 1 amide bonds. The highest BCUT2D eigenvalue weighted by Gasteiger charge is 2.39. The molecular formula is C15H11N6O2+. The third-order valence-electron chi connectivity index (χ3n) is 3.64. The number of carbonyl (C=O) groups is 1. The SMILES string of the molecule is C#CCNC(=O)c1cccc2c[n+]3n(c12)[NH+]([O-])c1nccnc1-3. The summed E-state index contributed by atoms with van der Waals surface area (Å²) in [5.74, 6) is 2.73. The zero-order valence-electron chi connectivity index (χ0n) is 11.9. The molecule has 23 heavy (non-hydrogen) atoms. The number of hydrogen-bond donors (Lipinski definition) is 2. The molecule has 2 N–H and O–H groups in total. The van der Waals surface area contributed by atoms with E-state index in [0.29, 0.717) is 16.9 Å². The van der Waals surface area contributed by atoms with Crippen molar-refractivity contribution in [3.05, 3.63) is 47.6 Å². The zero-order valence-corrected chi connectivity index (χ0v) is 11.9. The van der Waals surface area contributed by atoms with Gasteiger partial charge in [0.25, 0.3) is 5.91 Å². The van der Waals surface area contributed by atoms with Crippen LogP contribution in [0.25, 0.3) is 16.7 Å². The topological polar surface area (TPSA) is 91.2 Å². The van der Waals surface area contributed by atoms with Crippen LogP contribution in [0.5, 0.6) is 0 Å². The highest BCUT2D eigenvalue weighted by Crippen LogP contribution is 2.20. The minimum atomic E-state index is -0.334. The van der Waals surface area contributed by atoms with E-state index >= 15 is 0 Å². The lowest BCUT2D eigenvalue weighted by Crippen LogP contribution is -3.05. The summed E-state index contributed by atoms with van der Waals surface area (Å²) in [6, 6.07) is 5.24. The molecule has 0 radical (unpaired) electrons. The van der Waals surface area contributed by atoms with E-state index < -0.39 is 0 Å². The van der Waals surface area contributed by atoms with Crippen molar-refractivity contribution in [2.24, 2.45) is 0 Å². The largest absolute Gasteiger partial charge is 0.598 e. The molecule has 1 aliphatic heterocycles. The summed E-state index contributed by atoms with van der Waals surface area (Å²) in [6.07, 6.45) is 9.91. The first-order valence-corrected chi connectivity index (χ1v) is 6.86. The number of aromatic nitrogens is 4. The quantitative estimate of drug-likeness (QED) is 0.356. The Morgan fingerprint density at radius 1 is 1.43 bits per heavy atom. The molecule has 112 valence electrons. The first kappa shape index (κ1) is 13.4. The number of nitrogens with one attached hydrogen (secondary N) is 2. The number of nitrogens with zero attached hydrogens (tertiary/aromatic N) is 4. The lowest BCUT2D eigenvalue weighted by Gasteiger charge is -2.13. The van der Waals surface area contributed by atoms with E-state index in [-0.39, 0.29) is 23.4 Å². The molecule has 1 aromatic carbocycles. The maximum absolute atomic E-state index is 12.6. The summed E-state index contributed by atoms with van der Waals surface area (Å²) < 4.78 is 1.60. The predicted molar refractivity (Wildman–Crippen MR) is 79.6 cm³/mol. The van der Waals surface area contributed by atoms with Gasteiger partial charge in [0.1, 0.15) is 6.20 Å². The second-order valence-corrected chi connectivity index (χ2v) is 4.95. The van der Waals surface area contributed by atoms with Crippen molar-refractivity contribution in [1.29, 1.82) is 0 Å². The van der Waals surface area contributed by atoms with Crippen molar-refractivity contribution in [2.75, 3.05) is 6.54 Å². The van der Waals surface area contributed by atoms with Gasteiger partial charge in [-0.1, -0.05) is 16.7 Å². The van der Waals surface area contributed by atoms with Crippen molar-refractivity contribution in [2.45, 2.75) is 0 Å². The molecule has 8 nitrogen and oxygen atoms in total. The molecule has 1 aliphatic rings. The second-order valence-electron chi connectivity index (χ2n) is 4.95. The molecule has 4 rings (SSSR count). The van der Waals surface area contributed by atoms with E-state index in [1.807, 2.05) is 6.07 Å². The summed E-state index contributed by atoms with van der Waals surface area (Å²) in [4.78, 5) is 22.0. The third kappa shape index (κ3) is 1.81. The Bertz CT molecular complexity index is 987. The van der Waals surface area contributed by atoms with Crippen LogP contribution >= 0.6 is 0 Å². The van der Waals surface area contributed by atoms with Crippen molar-refractivity contribution in [3.63, 3.8) is 0 Å². The zero-order chi connectivity index (χ0) is 16.0. The van der Waals surface area contributed by atoms with Crippen LogP contribution < -0.4 is 15.2 Å². The van der Waals surface area contributed by atoms with E-state index in [1.165, 1.54) is 17.2 Å². The number of fused-ring (bicyclic) bond motifs is 5. The minimum absolute atomic E-state index is 0.118. The van der Waals surface area contributed by atoms with Crippen molar-refractivity contribution >= 4 is 22.6 Å². The van der Waals surface area contributed by atoms with Crippen molar-refractivity contribution < 1.29 is 14.6 Å². The molecule has 3 aromatic rings. The van der Waals surface area contributed by atoms with Gasteiger partial charge in [0.2, 0.25) is 0 Å². The van der Waals surface area contributed by atoms with Gasteiger partial charge in [-0.2, -0.15) is 10.2 Å². The van der Waals surface area contributed by atoms with E-state index in [1.54, 1.807) is 23.0 Å². The average Bonchev–Trinajstić information content (AvgIpc) is 3.09. The van der Waals surface area contributed by atoms with Gasteiger partial charge in [0.15, 0.2) is 11.7 Å². The van der Waals surface area contributed by atoms with Gasteiger partial charge in [-0.05, 0) is 21.9 Å². The summed E-state index contributed by atoms with van der Waals surface area (Å²) in [5, 5.41) is 15.7. The molecule has 0 saturated heterocycles. The van der Waals surface area contributed by atoms with E-state index in [0.717, 1.165) is 5.39 Å². The highest BCUT2D eigenvalue weighted by atomic mass is 16.6. The normalized spacial score (nSPS) is 15.0. The van der Waals surface area contributed by atoms with Crippen LogP contribution in [0.1, 0.15) is 10.4 Å². The molecule has 0 spiro atoms. The molecule has 0 aliphatic carbocycles. The number of terminal acetylenes is 1. The van der Waals surface area contributed by atoms with Crippen LogP contribution in [-0.2, 0) is 0 Å². The molecule has 0 saturated carbocycles. The number of carbonyl (C=O) groups excluding carboxylic acids is 1. The summed E-state index contributed by atoms with van der Waals surface area (Å²) in [5.41, 5.74) is 0.879. The van der Waals surface area contributed by atoms with Gasteiger partial charge in [0, 0.05) is 0 Å². The fourth-order valence-electron chi connectivity index (χ4n) is 2.71. The van der Waals surface area contributed by atoms with Crippen LogP contribution in [0.4, 0.5) is 5.82 Å². The molecule has 1 unspecified atom stereocenters.